The van der Waals surface area contributed by atoms with Gasteiger partial charge in [0, 0.05) is 30.9 Å². The van der Waals surface area contributed by atoms with Crippen molar-refractivity contribution in [2.75, 3.05) is 32.2 Å². The van der Waals surface area contributed by atoms with Crippen molar-refractivity contribution in [2.45, 2.75) is 26.7 Å². The lowest BCUT2D eigenvalue weighted by Crippen LogP contribution is -2.45. The topological polar surface area (TPSA) is 81.9 Å². The normalized spacial score (nSPS) is 18.2. The van der Waals surface area contributed by atoms with Crippen molar-refractivity contribution in [2.24, 2.45) is 11.3 Å². The van der Waals surface area contributed by atoms with E-state index in [4.69, 9.17) is 9.47 Å². The highest BCUT2D eigenvalue weighted by atomic mass is 16.6. The second-order valence-corrected chi connectivity index (χ2v) is 6.61. The lowest BCUT2D eigenvalue weighted by molar-refractivity contribution is -0.385. The highest BCUT2D eigenvalue weighted by Crippen LogP contribution is 2.38. The van der Waals surface area contributed by atoms with Crippen LogP contribution in [0, 0.1) is 21.4 Å². The number of nitro benzene ring substituents is 1. The van der Waals surface area contributed by atoms with Gasteiger partial charge in [-0.1, -0.05) is 0 Å². The summed E-state index contributed by atoms with van der Waals surface area (Å²) in [6, 6.07) is 4.88. The molecule has 0 amide bonds. The number of rotatable bonds is 5. The maximum absolute atomic E-state index is 12.1. The van der Waals surface area contributed by atoms with Gasteiger partial charge in [0.2, 0.25) is 0 Å². The Morgan fingerprint density at radius 1 is 1.38 bits per heavy atom. The Morgan fingerprint density at radius 2 is 2.08 bits per heavy atom. The summed E-state index contributed by atoms with van der Waals surface area (Å²) in [7, 11) is 2.83. The summed E-state index contributed by atoms with van der Waals surface area (Å²) in [5, 5.41) is 11.0. The number of piperidine rings is 1. The number of methoxy groups -OCH3 is 2. The predicted octanol–water partition coefficient (Wildman–Crippen LogP) is 3.02. The number of benzene rings is 1. The molecule has 0 aromatic heterocycles. The van der Waals surface area contributed by atoms with Crippen LogP contribution in [-0.4, -0.2) is 38.2 Å². The molecule has 0 aliphatic carbocycles. The first-order chi connectivity index (χ1) is 11.3. The number of anilines is 1. The van der Waals surface area contributed by atoms with Gasteiger partial charge in [-0.15, -0.1) is 0 Å². The van der Waals surface area contributed by atoms with Gasteiger partial charge in [-0.25, -0.2) is 0 Å². The third-order valence-electron chi connectivity index (χ3n) is 4.88. The van der Waals surface area contributed by atoms with Crippen LogP contribution in [0.3, 0.4) is 0 Å². The highest BCUT2D eigenvalue weighted by molar-refractivity contribution is 5.76. The van der Waals surface area contributed by atoms with E-state index in [0.717, 1.165) is 25.1 Å². The molecule has 1 aliphatic heterocycles. The Kier molecular flexibility index (Phi) is 5.31. The number of nitrogens with zero attached hydrogens (tertiary/aromatic N) is 2. The van der Waals surface area contributed by atoms with E-state index in [9.17, 15) is 14.9 Å². The van der Waals surface area contributed by atoms with Crippen LogP contribution in [0.2, 0.25) is 0 Å². The zero-order valence-electron chi connectivity index (χ0n) is 14.6. The SMILES string of the molecule is COC(=O)C(C)(C)C1CCCN(c2ccc([N+](=O)[O-])c(OC)c2)C1. The molecular weight excluding hydrogens is 312 g/mol. The van der Waals surface area contributed by atoms with Gasteiger partial charge >= 0.3 is 11.7 Å². The highest BCUT2D eigenvalue weighted by Gasteiger charge is 2.40. The summed E-state index contributed by atoms with van der Waals surface area (Å²) in [4.78, 5) is 24.8. The molecule has 7 heteroatoms. The molecule has 132 valence electrons. The summed E-state index contributed by atoms with van der Waals surface area (Å²) >= 11 is 0. The number of ether oxygens (including phenoxy) is 2. The van der Waals surface area contributed by atoms with Gasteiger partial charge in [-0.05, 0) is 38.7 Å². The van der Waals surface area contributed by atoms with Crippen molar-refractivity contribution in [3.8, 4) is 5.75 Å². The minimum atomic E-state index is -0.571. The molecule has 0 radical (unpaired) electrons. The largest absolute Gasteiger partial charge is 0.490 e. The smallest absolute Gasteiger partial charge is 0.311 e. The molecule has 1 fully saturated rings. The molecule has 0 N–H and O–H groups in total. The number of carbonyl (C=O) groups excluding carboxylic acids is 1. The lowest BCUT2D eigenvalue weighted by atomic mass is 9.74. The molecule has 1 aromatic rings. The molecule has 1 heterocycles. The molecule has 0 saturated carbocycles. The Labute approximate surface area is 141 Å². The summed E-state index contributed by atoms with van der Waals surface area (Å²) in [5.74, 6) is 0.183. The Balaban J connectivity index is 2.24. The average Bonchev–Trinajstić information content (AvgIpc) is 2.60. The fourth-order valence-corrected chi connectivity index (χ4v) is 3.24. The first kappa shape index (κ1) is 18.0. The van der Waals surface area contributed by atoms with Crippen molar-refractivity contribution in [1.82, 2.24) is 0 Å². The summed E-state index contributed by atoms with van der Waals surface area (Å²) in [5.41, 5.74) is 0.241. The van der Waals surface area contributed by atoms with Crippen LogP contribution in [0.1, 0.15) is 26.7 Å². The standard InChI is InChI=1S/C17H24N2O5/c1-17(2,16(20)24-4)12-6-5-9-18(11-12)13-7-8-14(19(21)22)15(10-13)23-3/h7-8,10,12H,5-6,9,11H2,1-4H3. The van der Waals surface area contributed by atoms with E-state index >= 15 is 0 Å². The van der Waals surface area contributed by atoms with E-state index in [1.165, 1.54) is 20.3 Å². The minimum Gasteiger partial charge on any atom is -0.490 e. The van der Waals surface area contributed by atoms with E-state index < -0.39 is 10.3 Å². The van der Waals surface area contributed by atoms with Crippen LogP contribution < -0.4 is 9.64 Å². The van der Waals surface area contributed by atoms with Crippen molar-refractivity contribution in [3.63, 3.8) is 0 Å². The van der Waals surface area contributed by atoms with Crippen molar-refractivity contribution in [3.05, 3.63) is 28.3 Å². The average molecular weight is 336 g/mol. The van der Waals surface area contributed by atoms with Gasteiger partial charge in [0.15, 0.2) is 5.75 Å². The first-order valence-electron chi connectivity index (χ1n) is 7.97. The second-order valence-electron chi connectivity index (χ2n) is 6.61. The molecule has 2 rings (SSSR count). The molecule has 1 unspecified atom stereocenters. The van der Waals surface area contributed by atoms with Crippen molar-refractivity contribution < 1.29 is 19.2 Å². The van der Waals surface area contributed by atoms with Gasteiger partial charge in [-0.3, -0.25) is 14.9 Å². The fourth-order valence-electron chi connectivity index (χ4n) is 3.24. The second kappa shape index (κ2) is 7.07. The zero-order valence-corrected chi connectivity index (χ0v) is 14.6. The van der Waals surface area contributed by atoms with E-state index in [1.54, 1.807) is 12.1 Å². The van der Waals surface area contributed by atoms with Gasteiger partial charge in [0.25, 0.3) is 0 Å². The quantitative estimate of drug-likeness (QED) is 0.467. The van der Waals surface area contributed by atoms with Crippen LogP contribution >= 0.6 is 0 Å². The molecule has 24 heavy (non-hydrogen) atoms. The van der Waals surface area contributed by atoms with Crippen LogP contribution in [0.15, 0.2) is 18.2 Å². The number of esters is 1. The van der Waals surface area contributed by atoms with Gasteiger partial charge in [-0.2, -0.15) is 0 Å². The maximum Gasteiger partial charge on any atom is 0.311 e. The summed E-state index contributed by atoms with van der Waals surface area (Å²) < 4.78 is 10.1. The zero-order chi connectivity index (χ0) is 17.9. The molecule has 1 saturated heterocycles. The molecule has 1 aromatic carbocycles. The third-order valence-corrected chi connectivity index (χ3v) is 4.88. The summed E-state index contributed by atoms with van der Waals surface area (Å²) in [6.45, 7) is 5.35. The Morgan fingerprint density at radius 3 is 2.67 bits per heavy atom. The Bertz CT molecular complexity index is 629. The van der Waals surface area contributed by atoms with Gasteiger partial charge in [0.05, 0.1) is 24.6 Å². The number of hydrogen-bond acceptors (Lipinski definition) is 6. The van der Waals surface area contributed by atoms with Crippen LogP contribution in [0.25, 0.3) is 0 Å². The lowest BCUT2D eigenvalue weighted by Gasteiger charge is -2.40. The first-order valence-corrected chi connectivity index (χ1v) is 7.97. The van der Waals surface area contributed by atoms with E-state index in [2.05, 4.69) is 4.90 Å². The van der Waals surface area contributed by atoms with E-state index in [-0.39, 0.29) is 23.3 Å². The predicted molar refractivity (Wildman–Crippen MR) is 90.4 cm³/mol. The molecular formula is C17H24N2O5. The number of hydrogen-bond donors (Lipinski definition) is 0. The molecule has 0 spiro atoms. The van der Waals surface area contributed by atoms with Gasteiger partial charge < -0.3 is 14.4 Å². The monoisotopic (exact) mass is 336 g/mol. The van der Waals surface area contributed by atoms with E-state index in [1.807, 2.05) is 13.8 Å². The molecule has 1 aliphatic rings. The summed E-state index contributed by atoms with van der Waals surface area (Å²) in [6.07, 6.45) is 1.90. The van der Waals surface area contributed by atoms with Crippen LogP contribution in [0.5, 0.6) is 5.75 Å². The third kappa shape index (κ3) is 3.44. The van der Waals surface area contributed by atoms with E-state index in [0.29, 0.717) is 6.54 Å². The van der Waals surface area contributed by atoms with Crippen LogP contribution in [0.4, 0.5) is 11.4 Å². The Hall–Kier alpha value is -2.31. The fraction of sp³-hybridized carbons (Fsp3) is 0.588. The number of nitro groups is 1. The number of carbonyl (C=O) groups is 1. The minimum absolute atomic E-state index is 0.0512. The maximum atomic E-state index is 12.1. The van der Waals surface area contributed by atoms with Crippen molar-refractivity contribution in [1.29, 1.82) is 0 Å². The molecule has 7 nitrogen and oxygen atoms in total. The molecule has 0 bridgehead atoms. The molecule has 1 atom stereocenters. The van der Waals surface area contributed by atoms with Crippen molar-refractivity contribution >= 4 is 17.3 Å². The van der Waals surface area contributed by atoms with Gasteiger partial charge in [0.1, 0.15) is 0 Å². The van der Waals surface area contributed by atoms with Crippen LogP contribution in [-0.2, 0) is 9.53 Å².